The molecule has 3 aromatic rings. The molecule has 6 nitrogen and oxygen atoms in total. The van der Waals surface area contributed by atoms with Gasteiger partial charge in [-0.3, -0.25) is 4.79 Å². The van der Waals surface area contributed by atoms with E-state index in [0.29, 0.717) is 29.3 Å². The molecule has 0 spiro atoms. The van der Waals surface area contributed by atoms with E-state index < -0.39 is 0 Å². The summed E-state index contributed by atoms with van der Waals surface area (Å²) in [5, 5.41) is 7.26. The summed E-state index contributed by atoms with van der Waals surface area (Å²) in [7, 11) is 0. The third-order valence-electron chi connectivity index (χ3n) is 4.88. The molecule has 1 aliphatic rings. The standard InChI is InChI=1S/C21H21FN4O2/c1-13-5-6-15(12-18(13)22)20-24-21(28-25-20)14(2)23-16-7-9-17(10-8-16)26-11-3-4-19(26)27/h5-10,12,14,23H,3-4,11H2,1-2H3. The van der Waals surface area contributed by atoms with E-state index >= 15 is 0 Å². The van der Waals surface area contributed by atoms with Gasteiger partial charge in [-0.2, -0.15) is 4.98 Å². The van der Waals surface area contributed by atoms with E-state index in [1.807, 2.05) is 31.2 Å². The topological polar surface area (TPSA) is 71.3 Å². The summed E-state index contributed by atoms with van der Waals surface area (Å²) in [6.07, 6.45) is 1.52. The second-order valence-electron chi connectivity index (χ2n) is 6.98. The molecule has 1 amide bonds. The van der Waals surface area contributed by atoms with Crippen molar-refractivity contribution < 1.29 is 13.7 Å². The van der Waals surface area contributed by atoms with Crippen molar-refractivity contribution in [3.8, 4) is 11.4 Å². The second-order valence-corrected chi connectivity index (χ2v) is 6.98. The van der Waals surface area contributed by atoms with Crippen LogP contribution in [-0.4, -0.2) is 22.6 Å². The van der Waals surface area contributed by atoms with Gasteiger partial charge in [-0.25, -0.2) is 4.39 Å². The number of aryl methyl sites for hydroxylation is 1. The van der Waals surface area contributed by atoms with Crippen molar-refractivity contribution in [2.45, 2.75) is 32.7 Å². The van der Waals surface area contributed by atoms with E-state index in [1.165, 1.54) is 6.07 Å². The monoisotopic (exact) mass is 380 g/mol. The highest BCUT2D eigenvalue weighted by atomic mass is 19.1. The van der Waals surface area contributed by atoms with Crippen molar-refractivity contribution in [2.75, 3.05) is 16.8 Å². The minimum Gasteiger partial charge on any atom is -0.374 e. The minimum atomic E-state index is -0.299. The van der Waals surface area contributed by atoms with Crippen LogP contribution in [0.15, 0.2) is 47.0 Å². The summed E-state index contributed by atoms with van der Waals surface area (Å²) in [6.45, 7) is 4.38. The maximum atomic E-state index is 13.8. The Morgan fingerprint density at radius 1 is 1.21 bits per heavy atom. The number of carbonyl (C=O) groups is 1. The minimum absolute atomic E-state index is 0.167. The quantitative estimate of drug-likeness (QED) is 0.706. The fourth-order valence-electron chi connectivity index (χ4n) is 3.23. The summed E-state index contributed by atoms with van der Waals surface area (Å²) in [5.41, 5.74) is 2.93. The predicted octanol–water partition coefficient (Wildman–Crippen LogP) is 4.48. The third-order valence-corrected chi connectivity index (χ3v) is 4.88. The fourth-order valence-corrected chi connectivity index (χ4v) is 3.23. The van der Waals surface area contributed by atoms with Crippen LogP contribution in [0.25, 0.3) is 11.4 Å². The number of hydrogen-bond donors (Lipinski definition) is 1. The maximum Gasteiger partial charge on any atom is 0.249 e. The van der Waals surface area contributed by atoms with Gasteiger partial charge >= 0.3 is 0 Å². The van der Waals surface area contributed by atoms with Crippen LogP contribution in [0.3, 0.4) is 0 Å². The van der Waals surface area contributed by atoms with Crippen molar-refractivity contribution in [3.63, 3.8) is 0 Å². The van der Waals surface area contributed by atoms with Gasteiger partial charge in [-0.1, -0.05) is 17.3 Å². The van der Waals surface area contributed by atoms with E-state index in [9.17, 15) is 9.18 Å². The van der Waals surface area contributed by atoms with Crippen LogP contribution in [0.4, 0.5) is 15.8 Å². The Morgan fingerprint density at radius 3 is 2.68 bits per heavy atom. The van der Waals surface area contributed by atoms with Gasteiger partial charge in [0.2, 0.25) is 17.6 Å². The van der Waals surface area contributed by atoms with Gasteiger partial charge in [-0.15, -0.1) is 0 Å². The molecule has 4 rings (SSSR count). The molecule has 7 heteroatoms. The Bertz CT molecular complexity index is 1000. The van der Waals surface area contributed by atoms with Crippen LogP contribution in [-0.2, 0) is 4.79 Å². The number of benzene rings is 2. The zero-order chi connectivity index (χ0) is 19.7. The average molecular weight is 380 g/mol. The third kappa shape index (κ3) is 3.60. The molecule has 1 saturated heterocycles. The average Bonchev–Trinajstić information content (AvgIpc) is 3.34. The summed E-state index contributed by atoms with van der Waals surface area (Å²) in [5.74, 6) is 0.631. The molecule has 2 heterocycles. The molecule has 2 aromatic carbocycles. The normalized spacial score (nSPS) is 15.1. The van der Waals surface area contributed by atoms with E-state index in [4.69, 9.17) is 4.52 Å². The number of rotatable bonds is 5. The predicted molar refractivity (Wildman–Crippen MR) is 104 cm³/mol. The largest absolute Gasteiger partial charge is 0.374 e. The molecule has 1 aromatic heterocycles. The van der Waals surface area contributed by atoms with E-state index in [1.54, 1.807) is 24.0 Å². The molecule has 1 fully saturated rings. The van der Waals surface area contributed by atoms with Crippen LogP contribution in [0.2, 0.25) is 0 Å². The number of nitrogens with one attached hydrogen (secondary N) is 1. The number of aromatic nitrogens is 2. The van der Waals surface area contributed by atoms with Crippen LogP contribution in [0.1, 0.15) is 37.3 Å². The summed E-state index contributed by atoms with van der Waals surface area (Å²) in [6, 6.07) is 12.3. The summed E-state index contributed by atoms with van der Waals surface area (Å²) >= 11 is 0. The number of anilines is 2. The molecule has 0 bridgehead atoms. The van der Waals surface area contributed by atoms with Crippen molar-refractivity contribution in [1.29, 1.82) is 0 Å². The van der Waals surface area contributed by atoms with Gasteiger partial charge in [0.15, 0.2) is 0 Å². The molecular formula is C21H21FN4O2. The van der Waals surface area contributed by atoms with Crippen molar-refractivity contribution in [2.24, 2.45) is 0 Å². The molecular weight excluding hydrogens is 359 g/mol. The molecule has 0 saturated carbocycles. The first-order valence-corrected chi connectivity index (χ1v) is 9.28. The van der Waals surface area contributed by atoms with Gasteiger partial charge in [0.1, 0.15) is 11.9 Å². The summed E-state index contributed by atoms with van der Waals surface area (Å²) < 4.78 is 19.1. The molecule has 144 valence electrons. The Balaban J connectivity index is 1.45. The Labute approximate surface area is 162 Å². The first-order valence-electron chi connectivity index (χ1n) is 9.28. The molecule has 1 N–H and O–H groups in total. The van der Waals surface area contributed by atoms with Crippen LogP contribution in [0, 0.1) is 12.7 Å². The molecule has 1 unspecified atom stereocenters. The van der Waals surface area contributed by atoms with Crippen molar-refractivity contribution >= 4 is 17.3 Å². The van der Waals surface area contributed by atoms with E-state index in [-0.39, 0.29) is 17.8 Å². The van der Waals surface area contributed by atoms with Gasteiger partial charge in [0.25, 0.3) is 0 Å². The summed E-state index contributed by atoms with van der Waals surface area (Å²) in [4.78, 5) is 18.0. The highest BCUT2D eigenvalue weighted by molar-refractivity contribution is 5.95. The number of nitrogens with zero attached hydrogens (tertiary/aromatic N) is 3. The Hall–Kier alpha value is -3.22. The molecule has 0 aliphatic carbocycles. The zero-order valence-electron chi connectivity index (χ0n) is 15.8. The Morgan fingerprint density at radius 2 is 2.00 bits per heavy atom. The van der Waals surface area contributed by atoms with Gasteiger partial charge < -0.3 is 14.7 Å². The number of carbonyl (C=O) groups excluding carboxylic acids is 1. The lowest BCUT2D eigenvalue weighted by molar-refractivity contribution is -0.117. The molecule has 28 heavy (non-hydrogen) atoms. The van der Waals surface area contributed by atoms with Crippen LogP contribution < -0.4 is 10.2 Å². The highest BCUT2D eigenvalue weighted by Gasteiger charge is 2.21. The zero-order valence-corrected chi connectivity index (χ0v) is 15.8. The van der Waals surface area contributed by atoms with Crippen LogP contribution >= 0.6 is 0 Å². The van der Waals surface area contributed by atoms with Gasteiger partial charge in [0.05, 0.1) is 0 Å². The number of amides is 1. The van der Waals surface area contributed by atoms with Gasteiger partial charge in [0, 0.05) is 29.9 Å². The molecule has 1 aliphatic heterocycles. The van der Waals surface area contributed by atoms with Crippen molar-refractivity contribution in [1.82, 2.24) is 10.1 Å². The van der Waals surface area contributed by atoms with Crippen LogP contribution in [0.5, 0.6) is 0 Å². The number of halogens is 1. The van der Waals surface area contributed by atoms with Crippen molar-refractivity contribution in [3.05, 3.63) is 59.7 Å². The fraction of sp³-hybridized carbons (Fsp3) is 0.286. The van der Waals surface area contributed by atoms with E-state index in [2.05, 4.69) is 15.5 Å². The first kappa shape index (κ1) is 18.2. The first-order chi connectivity index (χ1) is 13.5. The lowest BCUT2D eigenvalue weighted by Gasteiger charge is -2.17. The highest BCUT2D eigenvalue weighted by Crippen LogP contribution is 2.26. The molecule has 0 radical (unpaired) electrons. The maximum absolute atomic E-state index is 13.8. The SMILES string of the molecule is Cc1ccc(-c2noc(C(C)Nc3ccc(N4CCCC4=O)cc3)n2)cc1F. The lowest BCUT2D eigenvalue weighted by atomic mass is 10.1. The Kier molecular flexibility index (Phi) is 4.81. The van der Waals surface area contributed by atoms with E-state index in [0.717, 1.165) is 24.3 Å². The van der Waals surface area contributed by atoms with Gasteiger partial charge in [-0.05, 0) is 56.2 Å². The second kappa shape index (κ2) is 7.42. The lowest BCUT2D eigenvalue weighted by Crippen LogP contribution is -2.23. The molecule has 1 atom stereocenters. The smallest absolute Gasteiger partial charge is 0.249 e. The number of hydrogen-bond acceptors (Lipinski definition) is 5.